The third-order valence-electron chi connectivity index (χ3n) is 5.48. The smallest absolute Gasteiger partial charge is 0.525 e. The van der Waals surface area contributed by atoms with Crippen molar-refractivity contribution in [3.63, 3.8) is 0 Å². The fourth-order valence-electron chi connectivity index (χ4n) is 3.98. The average Bonchev–Trinajstić information content (AvgIpc) is 3.18. The lowest BCUT2D eigenvalue weighted by Crippen LogP contribution is -2.36. The number of para-hydroxylation sites is 3. The van der Waals surface area contributed by atoms with E-state index in [1.54, 1.807) is 0 Å². The largest absolute Gasteiger partial charge is 0.616 e. The molecule has 3 nitrogen and oxygen atoms in total. The predicted molar refractivity (Wildman–Crippen MR) is 131 cm³/mol. The average molecular weight is 417 g/mol. The highest BCUT2D eigenvalue weighted by Crippen LogP contribution is 2.24. The first-order valence-electron chi connectivity index (χ1n) is 10.9. The molecular formula is C28H24BNO2. The molecule has 0 aliphatic carbocycles. The van der Waals surface area contributed by atoms with Gasteiger partial charge in [0.25, 0.3) is 0 Å². The highest BCUT2D eigenvalue weighted by Gasteiger charge is 2.26. The Balaban J connectivity index is 1.50. The Morgan fingerprint density at radius 3 is 1.75 bits per heavy atom. The summed E-state index contributed by atoms with van der Waals surface area (Å²) >= 11 is 0. The van der Waals surface area contributed by atoms with Crippen molar-refractivity contribution in [2.24, 2.45) is 0 Å². The summed E-state index contributed by atoms with van der Waals surface area (Å²) in [5.41, 5.74) is 3.69. The molecule has 156 valence electrons. The molecule has 0 radical (unpaired) electrons. The van der Waals surface area contributed by atoms with Crippen LogP contribution in [0.2, 0.25) is 0 Å². The van der Waals surface area contributed by atoms with Crippen LogP contribution in [0.1, 0.15) is 11.3 Å². The normalized spacial score (nSPS) is 10.8. The van der Waals surface area contributed by atoms with Crippen LogP contribution >= 0.6 is 0 Å². The Hall–Kier alpha value is -3.92. The number of hydrogen-bond donors (Lipinski definition) is 0. The standard InChI is InChI=1S/C28H24BNO2/c1-4-12-23(13-5-1)20-25-21-24-14-10-11-19-28(24)30(25)22-29(31-26-15-6-2-7-16-26)32-27-17-8-3-9-18-27/h1-19,21H,20,22H2. The van der Waals surface area contributed by atoms with Crippen LogP contribution in [0, 0.1) is 0 Å². The van der Waals surface area contributed by atoms with Gasteiger partial charge >= 0.3 is 7.12 Å². The van der Waals surface area contributed by atoms with Gasteiger partial charge in [0.2, 0.25) is 0 Å². The highest BCUT2D eigenvalue weighted by molar-refractivity contribution is 6.45. The molecule has 1 heterocycles. The van der Waals surface area contributed by atoms with Crippen LogP contribution in [0.5, 0.6) is 11.5 Å². The van der Waals surface area contributed by atoms with Crippen molar-refractivity contribution in [3.05, 3.63) is 133 Å². The second-order valence-corrected chi connectivity index (χ2v) is 7.76. The van der Waals surface area contributed by atoms with E-state index in [2.05, 4.69) is 65.2 Å². The summed E-state index contributed by atoms with van der Waals surface area (Å²) in [4.78, 5) is 0. The van der Waals surface area contributed by atoms with Gasteiger partial charge in [-0.1, -0.05) is 84.9 Å². The van der Waals surface area contributed by atoms with Gasteiger partial charge in [-0.2, -0.15) is 0 Å². The van der Waals surface area contributed by atoms with Crippen LogP contribution in [0.25, 0.3) is 10.9 Å². The van der Waals surface area contributed by atoms with E-state index in [9.17, 15) is 0 Å². The summed E-state index contributed by atoms with van der Waals surface area (Å²) in [5.74, 6) is 1.57. The third-order valence-corrected chi connectivity index (χ3v) is 5.48. The van der Waals surface area contributed by atoms with Crippen molar-refractivity contribution in [2.75, 3.05) is 0 Å². The Morgan fingerprint density at radius 2 is 1.12 bits per heavy atom. The van der Waals surface area contributed by atoms with Crippen LogP contribution in [0.15, 0.2) is 121 Å². The third kappa shape index (κ3) is 4.70. The van der Waals surface area contributed by atoms with E-state index in [1.165, 1.54) is 22.2 Å². The van der Waals surface area contributed by atoms with Crippen LogP contribution < -0.4 is 9.31 Å². The number of fused-ring (bicyclic) bond motifs is 1. The maximum Gasteiger partial charge on any atom is 0.616 e. The molecular weight excluding hydrogens is 393 g/mol. The summed E-state index contributed by atoms with van der Waals surface area (Å²) in [5, 5.41) is 1.22. The highest BCUT2D eigenvalue weighted by atomic mass is 16.6. The predicted octanol–water partition coefficient (Wildman–Crippen LogP) is 6.42. The van der Waals surface area contributed by atoms with Crippen LogP contribution in [0.4, 0.5) is 0 Å². The maximum absolute atomic E-state index is 6.30. The lowest BCUT2D eigenvalue weighted by atomic mass is 9.89. The zero-order chi connectivity index (χ0) is 21.6. The summed E-state index contributed by atoms with van der Waals surface area (Å²) in [6, 6.07) is 41.0. The number of rotatable bonds is 8. The van der Waals surface area contributed by atoms with Gasteiger partial charge in [-0.05, 0) is 47.3 Å². The molecule has 4 aromatic carbocycles. The Bertz CT molecular complexity index is 1230. The topological polar surface area (TPSA) is 23.4 Å². The van der Waals surface area contributed by atoms with Gasteiger partial charge in [-0.25, -0.2) is 0 Å². The van der Waals surface area contributed by atoms with Crippen LogP contribution in [-0.2, 0) is 12.9 Å². The summed E-state index contributed by atoms with van der Waals surface area (Å²) < 4.78 is 14.9. The fourth-order valence-corrected chi connectivity index (χ4v) is 3.98. The molecule has 0 saturated heterocycles. The van der Waals surface area contributed by atoms with Crippen molar-refractivity contribution in [1.29, 1.82) is 0 Å². The first kappa shape index (κ1) is 20.0. The monoisotopic (exact) mass is 417 g/mol. The molecule has 0 atom stereocenters. The number of hydrogen-bond acceptors (Lipinski definition) is 2. The Kier molecular flexibility index (Phi) is 5.93. The van der Waals surface area contributed by atoms with Crippen molar-refractivity contribution in [1.82, 2.24) is 4.57 Å². The quantitative estimate of drug-likeness (QED) is 0.272. The van der Waals surface area contributed by atoms with Crippen molar-refractivity contribution >= 4 is 18.0 Å². The van der Waals surface area contributed by atoms with E-state index in [4.69, 9.17) is 9.31 Å². The zero-order valence-electron chi connectivity index (χ0n) is 17.8. The van der Waals surface area contributed by atoms with Crippen LogP contribution in [0.3, 0.4) is 0 Å². The molecule has 0 N–H and O–H groups in total. The van der Waals surface area contributed by atoms with Gasteiger partial charge in [0.05, 0.1) is 6.44 Å². The second kappa shape index (κ2) is 9.48. The lowest BCUT2D eigenvalue weighted by molar-refractivity contribution is 0.408. The fraction of sp³-hybridized carbons (Fsp3) is 0.0714. The Labute approximate surface area is 189 Å². The molecule has 0 unspecified atom stereocenters. The second-order valence-electron chi connectivity index (χ2n) is 7.76. The van der Waals surface area contributed by atoms with E-state index < -0.39 is 7.12 Å². The molecule has 5 rings (SSSR count). The van der Waals surface area contributed by atoms with Crippen molar-refractivity contribution < 1.29 is 9.31 Å². The van der Waals surface area contributed by atoms with Gasteiger partial charge in [-0.3, -0.25) is 0 Å². The molecule has 0 fully saturated rings. The van der Waals surface area contributed by atoms with E-state index in [0.29, 0.717) is 6.44 Å². The summed E-state index contributed by atoms with van der Waals surface area (Å²) in [6.07, 6.45) is 1.42. The van der Waals surface area contributed by atoms with Crippen molar-refractivity contribution in [3.8, 4) is 11.5 Å². The number of nitrogens with zero attached hydrogens (tertiary/aromatic N) is 1. The number of benzene rings is 4. The molecule has 32 heavy (non-hydrogen) atoms. The zero-order valence-corrected chi connectivity index (χ0v) is 17.8. The molecule has 0 aliphatic heterocycles. The Morgan fingerprint density at radius 1 is 0.594 bits per heavy atom. The lowest BCUT2D eigenvalue weighted by Gasteiger charge is -2.19. The van der Waals surface area contributed by atoms with E-state index in [0.717, 1.165) is 17.9 Å². The van der Waals surface area contributed by atoms with Gasteiger partial charge in [-0.15, -0.1) is 0 Å². The molecule has 0 amide bonds. The maximum atomic E-state index is 6.30. The summed E-state index contributed by atoms with van der Waals surface area (Å²) in [7, 11) is -0.481. The molecule has 1 aromatic heterocycles. The molecule has 0 aliphatic rings. The first-order valence-corrected chi connectivity index (χ1v) is 10.9. The van der Waals surface area contributed by atoms with Gasteiger partial charge in [0.15, 0.2) is 0 Å². The minimum atomic E-state index is -0.481. The van der Waals surface area contributed by atoms with Crippen LogP contribution in [-0.4, -0.2) is 11.7 Å². The molecule has 0 bridgehead atoms. The van der Waals surface area contributed by atoms with Gasteiger partial charge in [0, 0.05) is 17.6 Å². The number of aromatic nitrogens is 1. The van der Waals surface area contributed by atoms with E-state index >= 15 is 0 Å². The first-order chi connectivity index (χ1) is 15.8. The molecule has 0 spiro atoms. The van der Waals surface area contributed by atoms with Crippen molar-refractivity contribution in [2.45, 2.75) is 12.9 Å². The summed E-state index contributed by atoms with van der Waals surface area (Å²) in [6.45, 7) is 0. The minimum absolute atomic E-state index is 0.481. The molecule has 0 saturated carbocycles. The molecule has 4 heteroatoms. The SMILES string of the molecule is c1ccc(Cc2cc3ccccc3n2CB(Oc2ccccc2)Oc2ccccc2)cc1. The van der Waals surface area contributed by atoms with E-state index in [1.807, 2.05) is 60.7 Å². The van der Waals surface area contributed by atoms with Gasteiger partial charge < -0.3 is 13.9 Å². The van der Waals surface area contributed by atoms with E-state index in [-0.39, 0.29) is 0 Å². The minimum Gasteiger partial charge on any atom is -0.525 e. The van der Waals surface area contributed by atoms with Gasteiger partial charge in [0.1, 0.15) is 11.5 Å². The molecule has 5 aromatic rings.